The Balaban J connectivity index is 1.43. The molecule has 1 aliphatic heterocycles. The third-order valence-corrected chi connectivity index (χ3v) is 4.70. The summed E-state index contributed by atoms with van der Waals surface area (Å²) in [6, 6.07) is 16.2. The van der Waals surface area contributed by atoms with Gasteiger partial charge in [-0.25, -0.2) is 4.39 Å². The number of nitrogens with zero attached hydrogens (tertiary/aromatic N) is 1. The summed E-state index contributed by atoms with van der Waals surface area (Å²) < 4.78 is 12.9. The molecule has 0 saturated carbocycles. The summed E-state index contributed by atoms with van der Waals surface area (Å²) in [4.78, 5) is 26.2. The number of carbonyl (C=O) groups is 2. The van der Waals surface area contributed by atoms with Crippen molar-refractivity contribution < 1.29 is 14.0 Å². The Labute approximate surface area is 153 Å². The molecule has 26 heavy (non-hydrogen) atoms. The van der Waals surface area contributed by atoms with Gasteiger partial charge in [-0.15, -0.1) is 0 Å². The van der Waals surface area contributed by atoms with Gasteiger partial charge >= 0.3 is 0 Å². The number of halogens is 1. The molecule has 4 nitrogen and oxygen atoms in total. The van der Waals surface area contributed by atoms with Crippen molar-refractivity contribution in [3.8, 4) is 0 Å². The lowest BCUT2D eigenvalue weighted by Gasteiger charge is -2.16. The van der Waals surface area contributed by atoms with Gasteiger partial charge in [0.05, 0.1) is 5.92 Å². The second-order valence-corrected chi connectivity index (χ2v) is 6.67. The van der Waals surface area contributed by atoms with Gasteiger partial charge in [0.2, 0.25) is 11.8 Å². The van der Waals surface area contributed by atoms with Gasteiger partial charge in [-0.2, -0.15) is 0 Å². The maximum atomic E-state index is 12.9. The van der Waals surface area contributed by atoms with Gasteiger partial charge in [-0.3, -0.25) is 9.59 Å². The summed E-state index contributed by atoms with van der Waals surface area (Å²) in [7, 11) is 0. The highest BCUT2D eigenvalue weighted by Crippen LogP contribution is 2.19. The quantitative estimate of drug-likeness (QED) is 0.831. The van der Waals surface area contributed by atoms with Crippen molar-refractivity contribution in [2.75, 3.05) is 13.1 Å². The molecule has 1 atom stereocenters. The highest BCUT2D eigenvalue weighted by molar-refractivity contribution is 5.89. The highest BCUT2D eigenvalue weighted by Gasteiger charge is 2.33. The molecular weight excluding hydrogens is 331 g/mol. The fraction of sp³-hybridized carbons (Fsp3) is 0.333. The summed E-state index contributed by atoms with van der Waals surface area (Å²) in [6.07, 6.45) is 2.08. The fourth-order valence-corrected chi connectivity index (χ4v) is 3.22. The van der Waals surface area contributed by atoms with Gasteiger partial charge in [0.15, 0.2) is 0 Å². The molecule has 1 aliphatic rings. The van der Waals surface area contributed by atoms with Crippen molar-refractivity contribution in [1.82, 2.24) is 10.2 Å². The van der Waals surface area contributed by atoms with E-state index in [9.17, 15) is 14.0 Å². The zero-order chi connectivity index (χ0) is 18.4. The van der Waals surface area contributed by atoms with Gasteiger partial charge in [0, 0.05) is 26.1 Å². The average molecular weight is 354 g/mol. The van der Waals surface area contributed by atoms with E-state index in [1.165, 1.54) is 17.7 Å². The molecule has 0 aromatic heterocycles. The van der Waals surface area contributed by atoms with Gasteiger partial charge in [0.1, 0.15) is 5.82 Å². The molecule has 0 bridgehead atoms. The molecule has 136 valence electrons. The molecular formula is C21H23FN2O2. The Morgan fingerprint density at radius 2 is 1.81 bits per heavy atom. The monoisotopic (exact) mass is 354 g/mol. The summed E-state index contributed by atoms with van der Waals surface area (Å²) >= 11 is 0. The van der Waals surface area contributed by atoms with E-state index in [0.717, 1.165) is 18.4 Å². The molecule has 1 fully saturated rings. The van der Waals surface area contributed by atoms with E-state index < -0.39 is 0 Å². The van der Waals surface area contributed by atoms with Gasteiger partial charge < -0.3 is 10.2 Å². The van der Waals surface area contributed by atoms with Crippen molar-refractivity contribution in [3.63, 3.8) is 0 Å². The number of aryl methyl sites for hydroxylation is 1. The molecule has 2 amide bonds. The van der Waals surface area contributed by atoms with Crippen LogP contribution in [0.2, 0.25) is 0 Å². The van der Waals surface area contributed by atoms with Crippen LogP contribution in [0.1, 0.15) is 24.0 Å². The van der Waals surface area contributed by atoms with E-state index in [1.807, 2.05) is 18.2 Å². The Morgan fingerprint density at radius 1 is 1.08 bits per heavy atom. The average Bonchev–Trinajstić information content (AvgIpc) is 3.03. The Morgan fingerprint density at radius 3 is 2.54 bits per heavy atom. The van der Waals surface area contributed by atoms with Gasteiger partial charge in [0.25, 0.3) is 0 Å². The number of rotatable bonds is 7. The minimum Gasteiger partial charge on any atom is -0.352 e. The minimum absolute atomic E-state index is 0.0417. The first-order chi connectivity index (χ1) is 12.6. The molecule has 0 radical (unpaired) electrons. The van der Waals surface area contributed by atoms with Crippen molar-refractivity contribution >= 4 is 11.8 Å². The first-order valence-electron chi connectivity index (χ1n) is 8.95. The molecule has 0 aliphatic carbocycles. The number of likely N-dealkylation sites (tertiary alicyclic amines) is 1. The van der Waals surface area contributed by atoms with Crippen molar-refractivity contribution in [2.24, 2.45) is 5.92 Å². The van der Waals surface area contributed by atoms with Crippen LogP contribution in [0.25, 0.3) is 0 Å². The summed E-state index contributed by atoms with van der Waals surface area (Å²) in [6.45, 7) is 1.50. The normalized spacial score (nSPS) is 16.7. The van der Waals surface area contributed by atoms with Crippen LogP contribution in [0.3, 0.4) is 0 Å². The number of hydrogen-bond donors (Lipinski definition) is 1. The number of amides is 2. The van der Waals surface area contributed by atoms with E-state index in [-0.39, 0.29) is 30.0 Å². The molecule has 3 rings (SSSR count). The minimum atomic E-state index is -0.306. The van der Waals surface area contributed by atoms with Crippen molar-refractivity contribution in [1.29, 1.82) is 0 Å². The molecule has 1 heterocycles. The largest absolute Gasteiger partial charge is 0.352 e. The fourth-order valence-electron chi connectivity index (χ4n) is 3.22. The maximum absolute atomic E-state index is 12.9. The number of hydrogen-bond acceptors (Lipinski definition) is 2. The molecule has 1 unspecified atom stereocenters. The third kappa shape index (κ3) is 4.91. The Bertz CT molecular complexity index is 746. The number of nitrogens with one attached hydrogen (secondary N) is 1. The van der Waals surface area contributed by atoms with Gasteiger partial charge in [-0.1, -0.05) is 42.5 Å². The molecule has 2 aromatic carbocycles. The SMILES string of the molecule is O=C(NCc1ccc(F)cc1)C1CC(=O)N(CCCc2ccccc2)C1. The zero-order valence-corrected chi connectivity index (χ0v) is 14.7. The number of carbonyl (C=O) groups excluding carboxylic acids is 2. The third-order valence-electron chi connectivity index (χ3n) is 4.70. The summed E-state index contributed by atoms with van der Waals surface area (Å²) in [5, 5.41) is 2.84. The predicted molar refractivity (Wildman–Crippen MR) is 97.7 cm³/mol. The second-order valence-electron chi connectivity index (χ2n) is 6.67. The molecule has 1 N–H and O–H groups in total. The first-order valence-corrected chi connectivity index (χ1v) is 8.95. The smallest absolute Gasteiger partial charge is 0.225 e. The first kappa shape index (κ1) is 18.1. The second kappa shape index (κ2) is 8.61. The van der Waals surface area contributed by atoms with E-state index >= 15 is 0 Å². The molecule has 5 heteroatoms. The molecule has 1 saturated heterocycles. The topological polar surface area (TPSA) is 49.4 Å². The summed E-state index contributed by atoms with van der Waals surface area (Å²) in [5.41, 5.74) is 2.09. The van der Waals surface area contributed by atoms with Crippen molar-refractivity contribution in [3.05, 3.63) is 71.5 Å². The van der Waals surface area contributed by atoms with Crippen LogP contribution in [-0.2, 0) is 22.6 Å². The lowest BCUT2D eigenvalue weighted by atomic mass is 10.1. The van der Waals surface area contributed by atoms with E-state index in [0.29, 0.717) is 19.6 Å². The Hall–Kier alpha value is -2.69. The number of benzene rings is 2. The molecule has 2 aromatic rings. The summed E-state index contributed by atoms with van der Waals surface area (Å²) in [5.74, 6) is -0.680. The van der Waals surface area contributed by atoms with Crippen LogP contribution >= 0.6 is 0 Å². The zero-order valence-electron chi connectivity index (χ0n) is 14.7. The van der Waals surface area contributed by atoms with E-state index in [2.05, 4.69) is 17.4 Å². The molecule has 0 spiro atoms. The Kier molecular flexibility index (Phi) is 6.00. The van der Waals surface area contributed by atoms with Crippen molar-refractivity contribution in [2.45, 2.75) is 25.8 Å². The van der Waals surface area contributed by atoms with Crippen LogP contribution in [0.4, 0.5) is 4.39 Å². The van der Waals surface area contributed by atoms with E-state index in [1.54, 1.807) is 17.0 Å². The standard InChI is InChI=1S/C21H23FN2O2/c22-19-10-8-17(9-11-19)14-23-21(26)18-13-20(25)24(15-18)12-4-7-16-5-2-1-3-6-16/h1-3,5-6,8-11,18H,4,7,12-15H2,(H,23,26). The van der Waals surface area contributed by atoms with Crippen LogP contribution in [0.5, 0.6) is 0 Å². The maximum Gasteiger partial charge on any atom is 0.225 e. The van der Waals surface area contributed by atoms with Crippen LogP contribution < -0.4 is 5.32 Å². The van der Waals surface area contributed by atoms with Crippen LogP contribution in [0.15, 0.2) is 54.6 Å². The highest BCUT2D eigenvalue weighted by atomic mass is 19.1. The lowest BCUT2D eigenvalue weighted by molar-refractivity contribution is -0.129. The predicted octanol–water partition coefficient (Wildman–Crippen LogP) is 2.92. The van der Waals surface area contributed by atoms with Gasteiger partial charge in [-0.05, 0) is 36.1 Å². The van der Waals surface area contributed by atoms with Crippen LogP contribution in [0, 0.1) is 11.7 Å². The lowest BCUT2D eigenvalue weighted by Crippen LogP contribution is -2.33. The van der Waals surface area contributed by atoms with E-state index in [4.69, 9.17) is 0 Å². The van der Waals surface area contributed by atoms with Crippen LogP contribution in [-0.4, -0.2) is 29.8 Å².